The van der Waals surface area contributed by atoms with Crippen LogP contribution < -0.4 is 10.6 Å². The number of nitrogens with one attached hydrogen (secondary N) is 2. The standard InChI is InChI=1S/C19H25Cl2N3O4S2/c20-13-2-1-12(16(21)5-13)8-24-3-4-28-15(9-24)7-22-17(25)11-30-19-23-14(10-29-19)6-18(26)27/h2,5,10,12,15,19,23H,1,3-4,6-9,11H2,(H,22,25)(H,26,27)/t12?,15-,19?/m0/s1. The van der Waals surface area contributed by atoms with Crippen LogP contribution in [0.15, 0.2) is 33.3 Å². The largest absolute Gasteiger partial charge is 0.481 e. The number of carbonyl (C=O) groups is 2. The van der Waals surface area contributed by atoms with E-state index in [1.54, 1.807) is 5.41 Å². The molecule has 3 N–H and O–H groups in total. The second-order valence-corrected chi connectivity index (χ2v) is 10.5. The number of carboxylic acids is 1. The molecule has 2 aliphatic heterocycles. The minimum Gasteiger partial charge on any atom is -0.481 e. The van der Waals surface area contributed by atoms with Gasteiger partial charge in [-0.1, -0.05) is 41.0 Å². The average Bonchev–Trinajstić information content (AvgIpc) is 3.14. The number of rotatable bonds is 9. The summed E-state index contributed by atoms with van der Waals surface area (Å²) in [6.07, 6.45) is 4.55. The smallest absolute Gasteiger partial charge is 0.309 e. The Morgan fingerprint density at radius 1 is 1.43 bits per heavy atom. The lowest BCUT2D eigenvalue weighted by molar-refractivity contribution is -0.136. The molecule has 2 unspecified atom stereocenters. The number of halogens is 2. The molecule has 0 aromatic carbocycles. The fraction of sp³-hybridized carbons (Fsp3) is 0.579. The van der Waals surface area contributed by atoms with E-state index in [2.05, 4.69) is 15.5 Å². The summed E-state index contributed by atoms with van der Waals surface area (Å²) in [5.74, 6) is -0.394. The van der Waals surface area contributed by atoms with Gasteiger partial charge in [0.15, 0.2) is 0 Å². The number of carbonyl (C=O) groups excluding carboxylic acids is 1. The molecule has 1 aliphatic carbocycles. The van der Waals surface area contributed by atoms with Crippen molar-refractivity contribution in [1.29, 1.82) is 0 Å². The van der Waals surface area contributed by atoms with Crippen LogP contribution in [0.5, 0.6) is 0 Å². The highest BCUT2D eigenvalue weighted by Gasteiger charge is 2.26. The summed E-state index contributed by atoms with van der Waals surface area (Å²) in [6.45, 7) is 3.52. The first-order valence-corrected chi connectivity index (χ1v) is 12.4. The fourth-order valence-corrected chi connectivity index (χ4v) is 5.87. The van der Waals surface area contributed by atoms with Gasteiger partial charge in [0, 0.05) is 47.9 Å². The Hall–Kier alpha value is -0.840. The first-order valence-electron chi connectivity index (χ1n) is 9.67. The molecule has 0 saturated carbocycles. The van der Waals surface area contributed by atoms with E-state index in [1.807, 2.05) is 12.2 Å². The summed E-state index contributed by atoms with van der Waals surface area (Å²) >= 11 is 15.3. The van der Waals surface area contributed by atoms with Crippen molar-refractivity contribution in [3.8, 4) is 0 Å². The van der Waals surface area contributed by atoms with Crippen LogP contribution in [0.4, 0.5) is 0 Å². The number of ether oxygens (including phenoxy) is 1. The van der Waals surface area contributed by atoms with Crippen molar-refractivity contribution >= 4 is 58.6 Å². The molecule has 3 rings (SSSR count). The molecule has 1 fully saturated rings. The minimum atomic E-state index is -0.874. The lowest BCUT2D eigenvalue weighted by Gasteiger charge is -2.35. The van der Waals surface area contributed by atoms with Gasteiger partial charge in [0.2, 0.25) is 5.91 Å². The fourth-order valence-electron chi connectivity index (χ4n) is 3.35. The summed E-state index contributed by atoms with van der Waals surface area (Å²) in [5, 5.41) is 18.1. The number of nitrogens with zero attached hydrogens (tertiary/aromatic N) is 1. The first kappa shape index (κ1) is 23.8. The van der Waals surface area contributed by atoms with E-state index in [-0.39, 0.29) is 29.1 Å². The van der Waals surface area contributed by atoms with Crippen LogP contribution in [0.1, 0.15) is 12.8 Å². The van der Waals surface area contributed by atoms with Gasteiger partial charge in [-0.2, -0.15) is 0 Å². The number of amides is 1. The first-order chi connectivity index (χ1) is 14.4. The third-order valence-corrected chi connectivity index (χ3v) is 7.89. The highest BCUT2D eigenvalue weighted by molar-refractivity contribution is 8.18. The summed E-state index contributed by atoms with van der Waals surface area (Å²) in [4.78, 5) is 25.2. The van der Waals surface area contributed by atoms with Crippen molar-refractivity contribution in [2.45, 2.75) is 23.7 Å². The number of aliphatic carboxylic acids is 1. The Morgan fingerprint density at radius 3 is 3.03 bits per heavy atom. The number of hydrogen-bond donors (Lipinski definition) is 3. The Morgan fingerprint density at radius 2 is 2.27 bits per heavy atom. The lowest BCUT2D eigenvalue weighted by Crippen LogP contribution is -2.49. The van der Waals surface area contributed by atoms with E-state index in [4.69, 9.17) is 33.0 Å². The van der Waals surface area contributed by atoms with Gasteiger partial charge in [-0.15, -0.1) is 11.8 Å². The Kier molecular flexibility index (Phi) is 9.28. The molecule has 0 spiro atoms. The monoisotopic (exact) mass is 493 g/mol. The van der Waals surface area contributed by atoms with Crippen molar-refractivity contribution < 1.29 is 19.4 Å². The maximum Gasteiger partial charge on any atom is 0.309 e. The molecule has 2 heterocycles. The molecule has 7 nitrogen and oxygen atoms in total. The summed E-state index contributed by atoms with van der Waals surface area (Å²) in [5.41, 5.74) is 0.673. The third kappa shape index (κ3) is 7.69. The molecule has 30 heavy (non-hydrogen) atoms. The predicted octanol–water partition coefficient (Wildman–Crippen LogP) is 2.74. The van der Waals surface area contributed by atoms with Crippen LogP contribution in [-0.4, -0.2) is 71.2 Å². The van der Waals surface area contributed by atoms with Crippen LogP contribution >= 0.6 is 46.7 Å². The highest BCUT2D eigenvalue weighted by Crippen LogP contribution is 2.31. The van der Waals surface area contributed by atoms with Crippen molar-refractivity contribution in [3.05, 3.63) is 33.3 Å². The Labute approximate surface area is 194 Å². The molecule has 166 valence electrons. The van der Waals surface area contributed by atoms with Gasteiger partial charge in [0.05, 0.1) is 24.9 Å². The SMILES string of the molecule is O=C(O)CC1=CSC(SCC(=O)NC[C@H]2CN(CC3CC=C(Cl)C=C3Cl)CCO2)N1. The maximum absolute atomic E-state index is 12.2. The molecular weight excluding hydrogens is 469 g/mol. The molecule has 0 bridgehead atoms. The van der Waals surface area contributed by atoms with Gasteiger partial charge in [0.25, 0.3) is 0 Å². The van der Waals surface area contributed by atoms with E-state index in [9.17, 15) is 9.59 Å². The minimum absolute atomic E-state index is 0.0308. The second-order valence-electron chi connectivity index (χ2n) is 7.24. The third-order valence-electron chi connectivity index (χ3n) is 4.84. The van der Waals surface area contributed by atoms with Gasteiger partial charge in [-0.05, 0) is 17.9 Å². The number of thioether (sulfide) groups is 2. The number of hydrogen-bond acceptors (Lipinski definition) is 7. The van der Waals surface area contributed by atoms with E-state index in [1.165, 1.54) is 23.5 Å². The van der Waals surface area contributed by atoms with E-state index in [0.29, 0.717) is 29.6 Å². The quantitative estimate of drug-likeness (QED) is 0.451. The molecule has 11 heteroatoms. The van der Waals surface area contributed by atoms with Crippen molar-refractivity contribution in [3.63, 3.8) is 0 Å². The summed E-state index contributed by atoms with van der Waals surface area (Å²) < 4.78 is 5.76. The van der Waals surface area contributed by atoms with E-state index in [0.717, 1.165) is 31.1 Å². The van der Waals surface area contributed by atoms with E-state index < -0.39 is 5.97 Å². The second kappa shape index (κ2) is 11.7. The predicted molar refractivity (Wildman–Crippen MR) is 122 cm³/mol. The van der Waals surface area contributed by atoms with Gasteiger partial charge >= 0.3 is 5.97 Å². The summed E-state index contributed by atoms with van der Waals surface area (Å²) in [7, 11) is 0. The van der Waals surface area contributed by atoms with Crippen LogP contribution in [0.3, 0.4) is 0 Å². The van der Waals surface area contributed by atoms with Crippen LogP contribution in [0, 0.1) is 5.92 Å². The van der Waals surface area contributed by atoms with Crippen molar-refractivity contribution in [2.75, 3.05) is 38.5 Å². The lowest BCUT2D eigenvalue weighted by atomic mass is 9.99. The van der Waals surface area contributed by atoms with Gasteiger partial charge in [-0.3, -0.25) is 14.5 Å². The Bertz CT molecular complexity index is 747. The topological polar surface area (TPSA) is 90.9 Å². The van der Waals surface area contributed by atoms with Crippen LogP contribution in [-0.2, 0) is 14.3 Å². The van der Waals surface area contributed by atoms with Gasteiger partial charge < -0.3 is 20.5 Å². The average molecular weight is 494 g/mol. The van der Waals surface area contributed by atoms with Crippen molar-refractivity contribution in [2.24, 2.45) is 5.92 Å². The molecule has 1 amide bonds. The number of carboxylic acid groups (broad SMARTS) is 1. The molecule has 0 radical (unpaired) electrons. The molecule has 3 atom stereocenters. The molecular formula is C19H25Cl2N3O4S2. The molecule has 3 aliphatic rings. The normalized spacial score (nSPS) is 27.0. The van der Waals surface area contributed by atoms with Crippen LogP contribution in [0.25, 0.3) is 0 Å². The molecule has 1 saturated heterocycles. The van der Waals surface area contributed by atoms with Crippen molar-refractivity contribution in [1.82, 2.24) is 15.5 Å². The summed E-state index contributed by atoms with van der Waals surface area (Å²) in [6, 6.07) is 0. The van der Waals surface area contributed by atoms with Gasteiger partial charge in [-0.25, -0.2) is 0 Å². The number of allylic oxidation sites excluding steroid dienone is 3. The zero-order chi connectivity index (χ0) is 21.5. The highest BCUT2D eigenvalue weighted by atomic mass is 35.5. The zero-order valence-electron chi connectivity index (χ0n) is 16.3. The molecule has 0 aromatic rings. The number of morpholine rings is 1. The van der Waals surface area contributed by atoms with Crippen LogP contribution in [0.2, 0.25) is 0 Å². The Balaban J connectivity index is 1.32. The zero-order valence-corrected chi connectivity index (χ0v) is 19.5. The molecule has 0 aromatic heterocycles. The van der Waals surface area contributed by atoms with E-state index >= 15 is 0 Å². The van der Waals surface area contributed by atoms with Gasteiger partial charge in [0.1, 0.15) is 4.71 Å². The maximum atomic E-state index is 12.2.